The number of aliphatic hydroxyl groups excluding tert-OH is 1. The van der Waals surface area contributed by atoms with Gasteiger partial charge in [0, 0.05) is 24.2 Å². The number of nitrogen functional groups attached to an aromatic ring is 1. The molecule has 2 saturated heterocycles. The second kappa shape index (κ2) is 7.62. The lowest BCUT2D eigenvalue weighted by Gasteiger charge is -2.33. The molecule has 7 nitrogen and oxygen atoms in total. The summed E-state index contributed by atoms with van der Waals surface area (Å²) in [5.41, 5.74) is 7.78. The van der Waals surface area contributed by atoms with Crippen LogP contribution in [0.5, 0.6) is 0 Å². The van der Waals surface area contributed by atoms with Gasteiger partial charge in [-0.05, 0) is 38.1 Å². The van der Waals surface area contributed by atoms with E-state index in [1.807, 2.05) is 12.1 Å². The number of anilines is 1. The van der Waals surface area contributed by atoms with Gasteiger partial charge in [0.15, 0.2) is 0 Å². The number of nitrogens with zero attached hydrogens (tertiary/aromatic N) is 4. The van der Waals surface area contributed by atoms with Crippen molar-refractivity contribution in [1.29, 1.82) is 0 Å². The van der Waals surface area contributed by atoms with E-state index in [-0.39, 0.29) is 11.9 Å². The van der Waals surface area contributed by atoms with Gasteiger partial charge in [0.1, 0.15) is 5.82 Å². The zero-order valence-corrected chi connectivity index (χ0v) is 15.3. The van der Waals surface area contributed by atoms with Gasteiger partial charge in [0.25, 0.3) is 5.91 Å². The molecule has 1 aromatic heterocycles. The molecule has 3 N–H and O–H groups in total. The summed E-state index contributed by atoms with van der Waals surface area (Å²) < 4.78 is 0. The normalized spacial score (nSPS) is 23.5. The fourth-order valence-electron chi connectivity index (χ4n) is 4.00. The van der Waals surface area contributed by atoms with Crippen molar-refractivity contribution in [2.24, 2.45) is 0 Å². The predicted octanol–water partition coefficient (Wildman–Crippen LogP) is 1.40. The van der Waals surface area contributed by atoms with Gasteiger partial charge >= 0.3 is 0 Å². The fourth-order valence-corrected chi connectivity index (χ4v) is 4.00. The minimum atomic E-state index is -0.476. The molecule has 0 bridgehead atoms. The first-order valence-corrected chi connectivity index (χ1v) is 9.51. The summed E-state index contributed by atoms with van der Waals surface area (Å²) in [6.07, 6.45) is 6.26. The van der Waals surface area contributed by atoms with Gasteiger partial charge in [-0.2, -0.15) is 0 Å². The highest BCUT2D eigenvalue weighted by atomic mass is 16.3. The Hall–Kier alpha value is -2.51. The van der Waals surface area contributed by atoms with Crippen molar-refractivity contribution in [2.75, 3.05) is 31.9 Å². The van der Waals surface area contributed by atoms with Crippen LogP contribution in [-0.2, 0) is 0 Å². The molecule has 142 valence electrons. The number of hydrogen-bond donors (Lipinski definition) is 2. The highest BCUT2D eigenvalue weighted by Crippen LogP contribution is 2.23. The molecule has 0 aliphatic carbocycles. The Morgan fingerprint density at radius 1 is 1.04 bits per heavy atom. The van der Waals surface area contributed by atoms with Crippen molar-refractivity contribution in [2.45, 2.75) is 31.4 Å². The summed E-state index contributed by atoms with van der Waals surface area (Å²) >= 11 is 0. The molecule has 2 aromatic rings. The van der Waals surface area contributed by atoms with E-state index in [1.54, 1.807) is 23.2 Å². The van der Waals surface area contributed by atoms with Crippen LogP contribution >= 0.6 is 0 Å². The molecule has 1 aromatic carbocycles. The first-order chi connectivity index (χ1) is 13.1. The molecule has 0 radical (unpaired) electrons. The van der Waals surface area contributed by atoms with Crippen molar-refractivity contribution in [3.8, 4) is 11.3 Å². The maximum atomic E-state index is 12.9. The Bertz CT molecular complexity index is 787. The van der Waals surface area contributed by atoms with Gasteiger partial charge in [-0.1, -0.05) is 18.6 Å². The van der Waals surface area contributed by atoms with Crippen molar-refractivity contribution < 1.29 is 9.90 Å². The number of β-amino-alcohol motifs (C(OH)–C–C–N with tert-alkyl or cyclic N) is 1. The Balaban J connectivity index is 1.44. The second-order valence-electron chi connectivity index (χ2n) is 7.35. The van der Waals surface area contributed by atoms with Gasteiger partial charge in [-0.15, -0.1) is 0 Å². The van der Waals surface area contributed by atoms with E-state index in [0.717, 1.165) is 18.7 Å². The number of carbonyl (C=O) groups is 1. The standard InChI is InChI=1S/C20H25N5O2/c21-19-11-22-16(10-23-19)14-4-6-15(7-5-14)20(27)25-12-17(18(26)13-25)24-8-2-1-3-9-24/h4-7,10-11,17-18,26H,1-3,8-9,12-13H2,(H2,21,23). The van der Waals surface area contributed by atoms with Gasteiger partial charge < -0.3 is 15.7 Å². The number of nitrogens with two attached hydrogens (primary N) is 1. The first-order valence-electron chi connectivity index (χ1n) is 9.51. The Kier molecular flexibility index (Phi) is 5.05. The van der Waals surface area contributed by atoms with Crippen LogP contribution in [0.3, 0.4) is 0 Å². The van der Waals surface area contributed by atoms with Crippen LogP contribution in [0, 0.1) is 0 Å². The monoisotopic (exact) mass is 367 g/mol. The molecule has 2 aliphatic rings. The topological polar surface area (TPSA) is 95.6 Å². The predicted molar refractivity (Wildman–Crippen MR) is 103 cm³/mol. The summed E-state index contributed by atoms with van der Waals surface area (Å²) in [6.45, 7) is 3.01. The number of hydrogen-bond acceptors (Lipinski definition) is 6. The highest BCUT2D eigenvalue weighted by Gasteiger charge is 2.38. The van der Waals surface area contributed by atoms with Crippen molar-refractivity contribution in [3.05, 3.63) is 42.2 Å². The number of piperidine rings is 1. The summed E-state index contributed by atoms with van der Waals surface area (Å²) in [7, 11) is 0. The maximum Gasteiger partial charge on any atom is 0.253 e. The zero-order chi connectivity index (χ0) is 18.8. The fraction of sp³-hybridized carbons (Fsp3) is 0.450. The second-order valence-corrected chi connectivity index (χ2v) is 7.35. The molecule has 7 heteroatoms. The Morgan fingerprint density at radius 3 is 2.44 bits per heavy atom. The number of amides is 1. The number of rotatable bonds is 3. The average molecular weight is 367 g/mol. The van der Waals surface area contributed by atoms with Crippen LogP contribution in [-0.4, -0.2) is 69.1 Å². The lowest BCUT2D eigenvalue weighted by Crippen LogP contribution is -2.46. The van der Waals surface area contributed by atoms with Crippen LogP contribution in [0.4, 0.5) is 5.82 Å². The number of aliphatic hydroxyl groups is 1. The number of carbonyl (C=O) groups excluding carboxylic acids is 1. The van der Waals surface area contributed by atoms with E-state index in [0.29, 0.717) is 30.2 Å². The zero-order valence-electron chi connectivity index (χ0n) is 15.3. The molecule has 2 fully saturated rings. The molecule has 1 amide bonds. The molecule has 3 heterocycles. The van der Waals surface area contributed by atoms with Crippen molar-refractivity contribution in [3.63, 3.8) is 0 Å². The number of benzene rings is 1. The largest absolute Gasteiger partial charge is 0.390 e. The molecule has 4 rings (SSSR count). The number of likely N-dealkylation sites (tertiary alicyclic amines) is 2. The summed E-state index contributed by atoms with van der Waals surface area (Å²) in [5, 5.41) is 10.5. The minimum Gasteiger partial charge on any atom is -0.390 e. The van der Waals surface area contributed by atoms with E-state index < -0.39 is 6.10 Å². The lowest BCUT2D eigenvalue weighted by atomic mass is 10.1. The quantitative estimate of drug-likeness (QED) is 0.851. The third kappa shape index (κ3) is 3.79. The smallest absolute Gasteiger partial charge is 0.253 e. The van der Waals surface area contributed by atoms with E-state index in [1.165, 1.54) is 25.5 Å². The summed E-state index contributed by atoms with van der Waals surface area (Å²) in [6, 6.07) is 7.38. The summed E-state index contributed by atoms with van der Waals surface area (Å²) in [5.74, 6) is 0.338. The molecular formula is C20H25N5O2. The van der Waals surface area contributed by atoms with Crippen LogP contribution < -0.4 is 5.73 Å². The van der Waals surface area contributed by atoms with E-state index in [2.05, 4.69) is 14.9 Å². The van der Waals surface area contributed by atoms with E-state index >= 15 is 0 Å². The molecule has 27 heavy (non-hydrogen) atoms. The Labute approximate surface area is 158 Å². The van der Waals surface area contributed by atoms with Gasteiger partial charge in [-0.3, -0.25) is 14.7 Å². The van der Waals surface area contributed by atoms with Crippen molar-refractivity contribution in [1.82, 2.24) is 19.8 Å². The average Bonchev–Trinajstić information content (AvgIpc) is 3.10. The van der Waals surface area contributed by atoms with Crippen LogP contribution in [0.25, 0.3) is 11.3 Å². The number of aromatic nitrogens is 2. The first kappa shape index (κ1) is 17.9. The van der Waals surface area contributed by atoms with Crippen LogP contribution in [0.1, 0.15) is 29.6 Å². The third-order valence-corrected chi connectivity index (χ3v) is 5.51. The Morgan fingerprint density at radius 2 is 1.78 bits per heavy atom. The molecule has 0 spiro atoms. The highest BCUT2D eigenvalue weighted by molar-refractivity contribution is 5.95. The molecule has 2 unspecified atom stereocenters. The van der Waals surface area contributed by atoms with Crippen molar-refractivity contribution >= 4 is 11.7 Å². The minimum absolute atomic E-state index is 0.0384. The SMILES string of the molecule is Nc1cnc(-c2ccc(C(=O)N3CC(O)C(N4CCCCC4)C3)cc2)cn1. The van der Waals surface area contributed by atoms with E-state index in [4.69, 9.17) is 5.73 Å². The van der Waals surface area contributed by atoms with Gasteiger partial charge in [0.2, 0.25) is 0 Å². The molecular weight excluding hydrogens is 342 g/mol. The van der Waals surface area contributed by atoms with Gasteiger partial charge in [0.05, 0.1) is 30.2 Å². The molecule has 2 aliphatic heterocycles. The van der Waals surface area contributed by atoms with Crippen LogP contribution in [0.2, 0.25) is 0 Å². The lowest BCUT2D eigenvalue weighted by molar-refractivity contribution is 0.0702. The van der Waals surface area contributed by atoms with Gasteiger partial charge in [-0.25, -0.2) is 4.98 Å². The molecule has 2 atom stereocenters. The van der Waals surface area contributed by atoms with Crippen LogP contribution in [0.15, 0.2) is 36.7 Å². The maximum absolute atomic E-state index is 12.9. The third-order valence-electron chi connectivity index (χ3n) is 5.51. The van der Waals surface area contributed by atoms with E-state index in [9.17, 15) is 9.90 Å². The molecule has 0 saturated carbocycles. The summed E-state index contributed by atoms with van der Waals surface area (Å²) in [4.78, 5) is 25.3.